The fourth-order valence-electron chi connectivity index (χ4n) is 2.81. The van der Waals surface area contributed by atoms with Crippen LogP contribution in [0.25, 0.3) is 0 Å². The van der Waals surface area contributed by atoms with Crippen molar-refractivity contribution in [1.29, 1.82) is 0 Å². The van der Waals surface area contributed by atoms with Gasteiger partial charge in [-0.15, -0.1) is 0 Å². The molecule has 1 aliphatic carbocycles. The molecule has 0 spiro atoms. The second kappa shape index (κ2) is 6.84. The van der Waals surface area contributed by atoms with Crippen LogP contribution in [0.4, 0.5) is 4.79 Å². The molecule has 2 aliphatic rings. The summed E-state index contributed by atoms with van der Waals surface area (Å²) in [7, 11) is 0. The maximum atomic E-state index is 11.7. The van der Waals surface area contributed by atoms with E-state index >= 15 is 0 Å². The zero-order valence-electron chi connectivity index (χ0n) is 11.8. The first-order chi connectivity index (χ1) is 9.07. The van der Waals surface area contributed by atoms with Gasteiger partial charge in [0.1, 0.15) is 0 Å². The number of hydrogen-bond donors (Lipinski definition) is 3. The summed E-state index contributed by atoms with van der Waals surface area (Å²) in [6.45, 7) is 3.44. The van der Waals surface area contributed by atoms with Crippen molar-refractivity contribution in [3.8, 4) is 0 Å². The molecule has 1 unspecified atom stereocenters. The van der Waals surface area contributed by atoms with Crippen molar-refractivity contribution < 1.29 is 9.90 Å². The van der Waals surface area contributed by atoms with Crippen LogP contribution in [-0.2, 0) is 0 Å². The van der Waals surface area contributed by atoms with E-state index in [-0.39, 0.29) is 6.03 Å². The molecule has 1 aliphatic heterocycles. The first kappa shape index (κ1) is 15.0. The van der Waals surface area contributed by atoms with Crippen molar-refractivity contribution in [3.63, 3.8) is 0 Å². The van der Waals surface area contributed by atoms with Crippen LogP contribution in [0, 0.1) is 11.8 Å². The van der Waals surface area contributed by atoms with Crippen LogP contribution in [0.5, 0.6) is 0 Å². The quantitative estimate of drug-likeness (QED) is 0.740. The van der Waals surface area contributed by atoms with Gasteiger partial charge in [-0.1, -0.05) is 19.8 Å². The van der Waals surface area contributed by atoms with E-state index in [1.807, 2.05) is 0 Å². The first-order valence-corrected chi connectivity index (χ1v) is 8.55. The molecule has 1 heterocycles. The van der Waals surface area contributed by atoms with E-state index in [9.17, 15) is 9.90 Å². The molecule has 3 N–H and O–H groups in total. The Kier molecular flexibility index (Phi) is 5.39. The first-order valence-electron chi connectivity index (χ1n) is 7.39. The van der Waals surface area contributed by atoms with Crippen molar-refractivity contribution in [2.75, 3.05) is 24.6 Å². The Morgan fingerprint density at radius 1 is 1.32 bits per heavy atom. The minimum atomic E-state index is -0.692. The highest BCUT2D eigenvalue weighted by molar-refractivity contribution is 7.99. The molecule has 0 aromatic heterocycles. The van der Waals surface area contributed by atoms with Gasteiger partial charge < -0.3 is 15.7 Å². The standard InChI is InChI=1S/C14H26N2O2S/c1-11-2-4-12(5-3-11)8-15-13(17)16-9-14(18)6-7-19-10-14/h11-12,18H,2-10H2,1H3,(H2,15,16,17). The highest BCUT2D eigenvalue weighted by atomic mass is 32.2. The van der Waals surface area contributed by atoms with Crippen molar-refractivity contribution in [2.24, 2.45) is 11.8 Å². The number of carbonyl (C=O) groups is 1. The highest BCUT2D eigenvalue weighted by Crippen LogP contribution is 2.28. The normalized spacial score (nSPS) is 35.1. The third-order valence-corrected chi connectivity index (χ3v) is 5.58. The maximum absolute atomic E-state index is 11.7. The number of hydrogen-bond acceptors (Lipinski definition) is 3. The van der Waals surface area contributed by atoms with Crippen molar-refractivity contribution in [1.82, 2.24) is 10.6 Å². The lowest BCUT2D eigenvalue weighted by molar-refractivity contribution is 0.0699. The van der Waals surface area contributed by atoms with E-state index in [4.69, 9.17) is 0 Å². The summed E-state index contributed by atoms with van der Waals surface area (Å²) in [5.74, 6) is 3.19. The molecular weight excluding hydrogens is 260 g/mol. The second-order valence-electron chi connectivity index (χ2n) is 6.22. The van der Waals surface area contributed by atoms with E-state index in [0.29, 0.717) is 12.5 Å². The van der Waals surface area contributed by atoms with Crippen molar-refractivity contribution >= 4 is 17.8 Å². The van der Waals surface area contributed by atoms with Crippen LogP contribution in [-0.4, -0.2) is 41.3 Å². The predicted octanol–water partition coefficient (Wildman–Crippen LogP) is 1.98. The van der Waals surface area contributed by atoms with E-state index in [0.717, 1.165) is 30.4 Å². The van der Waals surface area contributed by atoms with Gasteiger partial charge in [0.25, 0.3) is 0 Å². The molecule has 1 saturated carbocycles. The molecule has 110 valence electrons. The predicted molar refractivity (Wildman–Crippen MR) is 79.4 cm³/mol. The number of carbonyl (C=O) groups excluding carboxylic acids is 1. The molecule has 0 aromatic rings. The monoisotopic (exact) mass is 286 g/mol. The van der Waals surface area contributed by atoms with E-state index in [1.165, 1.54) is 25.7 Å². The average Bonchev–Trinajstić information content (AvgIpc) is 2.83. The number of urea groups is 1. The summed E-state index contributed by atoms with van der Waals surface area (Å²) in [5, 5.41) is 15.9. The number of thioether (sulfide) groups is 1. The Labute approximate surface area is 120 Å². The van der Waals surface area contributed by atoms with Crippen LogP contribution < -0.4 is 10.6 Å². The molecule has 5 heteroatoms. The van der Waals surface area contributed by atoms with Gasteiger partial charge in [-0.05, 0) is 36.9 Å². The Hall–Kier alpha value is -0.420. The second-order valence-corrected chi connectivity index (χ2v) is 7.32. The molecule has 2 amide bonds. The number of aliphatic hydroxyl groups is 1. The number of rotatable bonds is 4. The summed E-state index contributed by atoms with van der Waals surface area (Å²) < 4.78 is 0. The van der Waals surface area contributed by atoms with Gasteiger partial charge in [0.05, 0.1) is 5.60 Å². The zero-order chi connectivity index (χ0) is 13.7. The summed E-state index contributed by atoms with van der Waals surface area (Å²) >= 11 is 1.75. The fourth-order valence-corrected chi connectivity index (χ4v) is 4.11. The van der Waals surface area contributed by atoms with E-state index in [2.05, 4.69) is 17.6 Å². The SMILES string of the molecule is CC1CCC(CNC(=O)NCC2(O)CCSC2)CC1. The van der Waals surface area contributed by atoms with Crippen LogP contribution in [0.15, 0.2) is 0 Å². The van der Waals surface area contributed by atoms with Gasteiger partial charge >= 0.3 is 6.03 Å². The Morgan fingerprint density at radius 3 is 2.68 bits per heavy atom. The summed E-state index contributed by atoms with van der Waals surface area (Å²) in [4.78, 5) is 11.7. The van der Waals surface area contributed by atoms with Gasteiger partial charge in [-0.25, -0.2) is 4.79 Å². The van der Waals surface area contributed by atoms with Gasteiger partial charge in [0, 0.05) is 18.8 Å². The Morgan fingerprint density at radius 2 is 2.05 bits per heavy atom. The molecule has 1 atom stereocenters. The third kappa shape index (κ3) is 4.88. The highest BCUT2D eigenvalue weighted by Gasteiger charge is 2.32. The van der Waals surface area contributed by atoms with Crippen molar-refractivity contribution in [3.05, 3.63) is 0 Å². The third-order valence-electron chi connectivity index (χ3n) is 4.35. The van der Waals surface area contributed by atoms with Crippen LogP contribution in [0.2, 0.25) is 0 Å². The molecular formula is C14H26N2O2S. The summed E-state index contributed by atoms with van der Waals surface area (Å²) in [6, 6.07) is -0.135. The molecule has 0 bridgehead atoms. The molecule has 1 saturated heterocycles. The average molecular weight is 286 g/mol. The van der Waals surface area contributed by atoms with E-state index in [1.54, 1.807) is 11.8 Å². The van der Waals surface area contributed by atoms with Gasteiger partial charge in [0.15, 0.2) is 0 Å². The topological polar surface area (TPSA) is 61.4 Å². The van der Waals surface area contributed by atoms with E-state index < -0.39 is 5.60 Å². The molecule has 4 nitrogen and oxygen atoms in total. The molecule has 19 heavy (non-hydrogen) atoms. The lowest BCUT2D eigenvalue weighted by Crippen LogP contribution is -2.47. The fraction of sp³-hybridized carbons (Fsp3) is 0.929. The van der Waals surface area contributed by atoms with Crippen LogP contribution >= 0.6 is 11.8 Å². The zero-order valence-corrected chi connectivity index (χ0v) is 12.6. The number of nitrogens with one attached hydrogen (secondary N) is 2. The molecule has 0 aromatic carbocycles. The Balaban J connectivity index is 1.59. The smallest absolute Gasteiger partial charge is 0.314 e. The number of amides is 2. The maximum Gasteiger partial charge on any atom is 0.314 e. The summed E-state index contributed by atoms with van der Waals surface area (Å²) in [5.41, 5.74) is -0.692. The lowest BCUT2D eigenvalue weighted by Gasteiger charge is -2.26. The molecule has 0 radical (unpaired) electrons. The van der Waals surface area contributed by atoms with Gasteiger partial charge in [0.2, 0.25) is 0 Å². The van der Waals surface area contributed by atoms with Crippen LogP contribution in [0.3, 0.4) is 0 Å². The minimum Gasteiger partial charge on any atom is -0.387 e. The van der Waals surface area contributed by atoms with Crippen molar-refractivity contribution in [2.45, 2.75) is 44.6 Å². The molecule has 2 rings (SSSR count). The largest absolute Gasteiger partial charge is 0.387 e. The lowest BCUT2D eigenvalue weighted by atomic mass is 9.83. The molecule has 2 fully saturated rings. The summed E-state index contributed by atoms with van der Waals surface area (Å²) in [6.07, 6.45) is 5.79. The minimum absolute atomic E-state index is 0.135. The van der Waals surface area contributed by atoms with Crippen LogP contribution in [0.1, 0.15) is 39.0 Å². The Bertz CT molecular complexity index is 298. The van der Waals surface area contributed by atoms with Gasteiger partial charge in [-0.2, -0.15) is 11.8 Å². The van der Waals surface area contributed by atoms with Gasteiger partial charge in [-0.3, -0.25) is 0 Å².